The van der Waals surface area contributed by atoms with E-state index in [4.69, 9.17) is 0 Å². The van der Waals surface area contributed by atoms with Crippen molar-refractivity contribution >= 4 is 29.0 Å². The average Bonchev–Trinajstić information content (AvgIpc) is 2.47. The van der Waals surface area contributed by atoms with Crippen molar-refractivity contribution in [1.29, 1.82) is 0 Å². The molecule has 2 rings (SSSR count). The van der Waals surface area contributed by atoms with Gasteiger partial charge in [0, 0.05) is 30.4 Å². The van der Waals surface area contributed by atoms with E-state index < -0.39 is 0 Å². The van der Waals surface area contributed by atoms with E-state index in [0.717, 1.165) is 16.3 Å². The lowest BCUT2D eigenvalue weighted by Crippen LogP contribution is -2.14. The first-order valence-electron chi connectivity index (χ1n) is 6.40. The molecule has 0 heterocycles. The second-order valence-electron chi connectivity index (χ2n) is 4.59. The number of rotatable bonds is 5. The maximum absolute atomic E-state index is 11.9. The van der Waals surface area contributed by atoms with E-state index in [9.17, 15) is 4.79 Å². The number of carbonyl (C=O) groups excluding carboxylic acids is 1. The van der Waals surface area contributed by atoms with Gasteiger partial charge >= 0.3 is 0 Å². The molecule has 0 aliphatic carbocycles. The molecule has 2 aromatic rings. The number of nitrogens with zero attached hydrogens (tertiary/aromatic N) is 1. The van der Waals surface area contributed by atoms with Crippen molar-refractivity contribution in [3.8, 4) is 0 Å². The first-order valence-corrected chi connectivity index (χ1v) is 7.39. The Morgan fingerprint density at radius 3 is 2.30 bits per heavy atom. The summed E-state index contributed by atoms with van der Waals surface area (Å²) in [6.07, 6.45) is 0. The molecular formula is C16H18N2OS. The van der Waals surface area contributed by atoms with Crippen LogP contribution in [-0.2, 0) is 4.79 Å². The van der Waals surface area contributed by atoms with Crippen molar-refractivity contribution in [3.63, 3.8) is 0 Å². The Morgan fingerprint density at radius 2 is 1.70 bits per heavy atom. The quantitative estimate of drug-likeness (QED) is 0.854. The zero-order valence-electron chi connectivity index (χ0n) is 11.7. The van der Waals surface area contributed by atoms with E-state index in [-0.39, 0.29) is 5.91 Å². The molecule has 2 aromatic carbocycles. The number of hydrogen-bond donors (Lipinski definition) is 1. The highest BCUT2D eigenvalue weighted by Crippen LogP contribution is 2.18. The van der Waals surface area contributed by atoms with Gasteiger partial charge in [0.1, 0.15) is 0 Å². The molecule has 20 heavy (non-hydrogen) atoms. The predicted octanol–water partition coefficient (Wildman–Crippen LogP) is 3.48. The molecule has 0 aromatic heterocycles. The summed E-state index contributed by atoms with van der Waals surface area (Å²) in [5.74, 6) is 0.427. The molecular weight excluding hydrogens is 268 g/mol. The number of benzene rings is 2. The molecule has 0 atom stereocenters. The normalized spacial score (nSPS) is 10.1. The van der Waals surface area contributed by atoms with Crippen LogP contribution in [0.2, 0.25) is 0 Å². The molecule has 0 aliphatic rings. The minimum absolute atomic E-state index is 0.0106. The smallest absolute Gasteiger partial charge is 0.234 e. The minimum Gasteiger partial charge on any atom is -0.378 e. The lowest BCUT2D eigenvalue weighted by molar-refractivity contribution is -0.113. The standard InChI is InChI=1S/C16H18N2OS/c1-18(2)14-10-8-13(9-11-14)17-16(19)12-20-15-6-4-3-5-7-15/h3-11H,12H2,1-2H3,(H,17,19). The van der Waals surface area contributed by atoms with Gasteiger partial charge in [-0.2, -0.15) is 0 Å². The van der Waals surface area contributed by atoms with Gasteiger partial charge in [-0.3, -0.25) is 4.79 Å². The van der Waals surface area contributed by atoms with Crippen molar-refractivity contribution in [2.75, 3.05) is 30.1 Å². The highest BCUT2D eigenvalue weighted by Gasteiger charge is 2.04. The lowest BCUT2D eigenvalue weighted by atomic mass is 10.2. The van der Waals surface area contributed by atoms with E-state index in [1.165, 1.54) is 11.8 Å². The molecule has 0 aliphatic heterocycles. The fourth-order valence-corrected chi connectivity index (χ4v) is 2.43. The van der Waals surface area contributed by atoms with Crippen molar-refractivity contribution in [3.05, 3.63) is 54.6 Å². The maximum atomic E-state index is 11.9. The van der Waals surface area contributed by atoms with Crippen LogP contribution in [0.5, 0.6) is 0 Å². The van der Waals surface area contributed by atoms with Crippen molar-refractivity contribution < 1.29 is 4.79 Å². The van der Waals surface area contributed by atoms with Crippen LogP contribution in [0, 0.1) is 0 Å². The van der Waals surface area contributed by atoms with E-state index in [1.54, 1.807) is 0 Å². The van der Waals surface area contributed by atoms with Crippen LogP contribution in [0.25, 0.3) is 0 Å². The lowest BCUT2D eigenvalue weighted by Gasteiger charge is -2.13. The summed E-state index contributed by atoms with van der Waals surface area (Å²) in [5.41, 5.74) is 1.94. The third kappa shape index (κ3) is 4.31. The molecule has 1 N–H and O–H groups in total. The number of thioether (sulfide) groups is 1. The molecule has 0 radical (unpaired) electrons. The fraction of sp³-hybridized carbons (Fsp3) is 0.188. The van der Waals surface area contributed by atoms with Gasteiger partial charge in [0.25, 0.3) is 0 Å². The topological polar surface area (TPSA) is 32.3 Å². The first-order chi connectivity index (χ1) is 9.65. The highest BCUT2D eigenvalue weighted by atomic mass is 32.2. The number of hydrogen-bond acceptors (Lipinski definition) is 3. The summed E-state index contributed by atoms with van der Waals surface area (Å²) < 4.78 is 0. The van der Waals surface area contributed by atoms with Crippen LogP contribution in [0.1, 0.15) is 0 Å². The molecule has 0 unspecified atom stereocenters. The maximum Gasteiger partial charge on any atom is 0.234 e. The molecule has 0 fully saturated rings. The van der Waals surface area contributed by atoms with Gasteiger partial charge in [-0.1, -0.05) is 18.2 Å². The van der Waals surface area contributed by atoms with Crippen molar-refractivity contribution in [2.24, 2.45) is 0 Å². The molecule has 0 saturated heterocycles. The van der Waals surface area contributed by atoms with Crippen LogP contribution in [0.4, 0.5) is 11.4 Å². The van der Waals surface area contributed by atoms with Gasteiger partial charge in [0.15, 0.2) is 0 Å². The summed E-state index contributed by atoms with van der Waals surface area (Å²) in [6, 6.07) is 17.7. The number of anilines is 2. The molecule has 0 bridgehead atoms. The molecule has 104 valence electrons. The van der Waals surface area contributed by atoms with Gasteiger partial charge in [0.2, 0.25) is 5.91 Å². The number of nitrogens with one attached hydrogen (secondary N) is 1. The zero-order chi connectivity index (χ0) is 14.4. The molecule has 0 spiro atoms. The Morgan fingerprint density at radius 1 is 1.05 bits per heavy atom. The summed E-state index contributed by atoms with van der Waals surface area (Å²) in [4.78, 5) is 15.0. The summed E-state index contributed by atoms with van der Waals surface area (Å²) in [6.45, 7) is 0. The van der Waals surface area contributed by atoms with E-state index in [0.29, 0.717) is 5.75 Å². The van der Waals surface area contributed by atoms with Crippen LogP contribution >= 0.6 is 11.8 Å². The van der Waals surface area contributed by atoms with Crippen molar-refractivity contribution in [2.45, 2.75) is 4.90 Å². The van der Waals surface area contributed by atoms with Gasteiger partial charge in [-0.05, 0) is 36.4 Å². The Hall–Kier alpha value is -1.94. The van der Waals surface area contributed by atoms with Crippen LogP contribution in [0.3, 0.4) is 0 Å². The van der Waals surface area contributed by atoms with Gasteiger partial charge in [-0.15, -0.1) is 11.8 Å². The molecule has 1 amide bonds. The van der Waals surface area contributed by atoms with E-state index in [1.807, 2.05) is 73.6 Å². The largest absolute Gasteiger partial charge is 0.378 e. The predicted molar refractivity (Wildman–Crippen MR) is 86.6 cm³/mol. The summed E-state index contributed by atoms with van der Waals surface area (Å²) in [7, 11) is 3.98. The number of amides is 1. The van der Waals surface area contributed by atoms with E-state index in [2.05, 4.69) is 5.32 Å². The van der Waals surface area contributed by atoms with Gasteiger partial charge in [0.05, 0.1) is 5.75 Å². The highest BCUT2D eigenvalue weighted by molar-refractivity contribution is 8.00. The van der Waals surface area contributed by atoms with Crippen LogP contribution < -0.4 is 10.2 Å². The fourth-order valence-electron chi connectivity index (χ4n) is 1.71. The Bertz CT molecular complexity index is 552. The second-order valence-corrected chi connectivity index (χ2v) is 5.64. The Balaban J connectivity index is 1.85. The summed E-state index contributed by atoms with van der Waals surface area (Å²) >= 11 is 1.54. The summed E-state index contributed by atoms with van der Waals surface area (Å²) in [5, 5.41) is 2.90. The van der Waals surface area contributed by atoms with Crippen molar-refractivity contribution in [1.82, 2.24) is 0 Å². The average molecular weight is 286 g/mol. The third-order valence-electron chi connectivity index (χ3n) is 2.78. The SMILES string of the molecule is CN(C)c1ccc(NC(=O)CSc2ccccc2)cc1. The minimum atomic E-state index is 0.0106. The molecule has 0 saturated carbocycles. The van der Waals surface area contributed by atoms with Gasteiger partial charge < -0.3 is 10.2 Å². The van der Waals surface area contributed by atoms with Crippen LogP contribution in [0.15, 0.2) is 59.5 Å². The van der Waals surface area contributed by atoms with Gasteiger partial charge in [-0.25, -0.2) is 0 Å². The Labute approximate surface area is 124 Å². The zero-order valence-corrected chi connectivity index (χ0v) is 12.5. The van der Waals surface area contributed by atoms with E-state index >= 15 is 0 Å². The number of carbonyl (C=O) groups is 1. The third-order valence-corrected chi connectivity index (χ3v) is 3.79. The second kappa shape index (κ2) is 7.01. The molecule has 3 nitrogen and oxygen atoms in total. The monoisotopic (exact) mass is 286 g/mol. The Kier molecular flexibility index (Phi) is 5.07. The van der Waals surface area contributed by atoms with Crippen LogP contribution in [-0.4, -0.2) is 25.8 Å². The first kappa shape index (κ1) is 14.5. The molecule has 4 heteroatoms.